The fourth-order valence-corrected chi connectivity index (χ4v) is 4.00. The van der Waals surface area contributed by atoms with Crippen molar-refractivity contribution in [1.82, 2.24) is 5.32 Å². The highest BCUT2D eigenvalue weighted by Crippen LogP contribution is 2.31. The van der Waals surface area contributed by atoms with Crippen molar-refractivity contribution in [3.8, 4) is 11.5 Å². The van der Waals surface area contributed by atoms with Crippen LogP contribution in [0.1, 0.15) is 74.5 Å². The standard InChI is InChI=1S/C35H41NO7/c1-7-8-20-40-32(37)27-16-19-31(29(22-27)24(2)3)42-28-17-14-25(15-18-28)21-30(36-34(39)43-35(4,5)6)33(38)41-23-26-12-10-9-11-13-26/h9-19,22,30H,2,7-8,20-21,23H2,1,3-6H3,(H,36,39)/t30-/m0/s1. The Bertz CT molecular complexity index is 1390. The monoisotopic (exact) mass is 587 g/mol. The van der Waals surface area contributed by atoms with Crippen LogP contribution in [0.4, 0.5) is 4.79 Å². The quantitative estimate of drug-likeness (QED) is 0.125. The molecule has 0 unspecified atom stereocenters. The van der Waals surface area contributed by atoms with E-state index in [0.717, 1.165) is 29.5 Å². The highest BCUT2D eigenvalue weighted by Gasteiger charge is 2.26. The van der Waals surface area contributed by atoms with Gasteiger partial charge in [0.15, 0.2) is 0 Å². The average Bonchev–Trinajstić information content (AvgIpc) is 2.96. The van der Waals surface area contributed by atoms with Gasteiger partial charge in [-0.15, -0.1) is 0 Å². The maximum Gasteiger partial charge on any atom is 0.408 e. The Morgan fingerprint density at radius 2 is 1.60 bits per heavy atom. The predicted molar refractivity (Wildman–Crippen MR) is 166 cm³/mol. The van der Waals surface area contributed by atoms with Gasteiger partial charge in [0.2, 0.25) is 0 Å². The van der Waals surface area contributed by atoms with Gasteiger partial charge < -0.3 is 24.3 Å². The lowest BCUT2D eigenvalue weighted by atomic mass is 10.0. The molecule has 0 radical (unpaired) electrons. The van der Waals surface area contributed by atoms with Crippen LogP contribution >= 0.6 is 0 Å². The lowest BCUT2D eigenvalue weighted by Crippen LogP contribution is -2.45. The first-order valence-corrected chi connectivity index (χ1v) is 14.4. The molecule has 3 rings (SSSR count). The number of carbonyl (C=O) groups is 3. The number of hydrogen-bond donors (Lipinski definition) is 1. The van der Waals surface area contributed by atoms with Crippen molar-refractivity contribution in [2.24, 2.45) is 0 Å². The number of amides is 1. The summed E-state index contributed by atoms with van der Waals surface area (Å²) in [4.78, 5) is 38.0. The molecule has 0 saturated carbocycles. The van der Waals surface area contributed by atoms with Gasteiger partial charge >= 0.3 is 18.0 Å². The van der Waals surface area contributed by atoms with E-state index in [1.165, 1.54) is 0 Å². The summed E-state index contributed by atoms with van der Waals surface area (Å²) in [6.45, 7) is 13.6. The van der Waals surface area contributed by atoms with Crippen molar-refractivity contribution in [2.45, 2.75) is 72.1 Å². The Kier molecular flexibility index (Phi) is 11.9. The number of benzene rings is 3. The van der Waals surface area contributed by atoms with E-state index in [9.17, 15) is 14.4 Å². The Hall–Kier alpha value is -4.59. The molecule has 8 nitrogen and oxygen atoms in total. The number of ether oxygens (including phenoxy) is 4. The molecule has 8 heteroatoms. The van der Waals surface area contributed by atoms with E-state index in [4.69, 9.17) is 18.9 Å². The molecule has 1 atom stereocenters. The fraction of sp³-hybridized carbons (Fsp3) is 0.343. The molecule has 0 aromatic heterocycles. The number of nitrogens with one attached hydrogen (secondary N) is 1. The van der Waals surface area contributed by atoms with Gasteiger partial charge in [-0.3, -0.25) is 0 Å². The molecule has 0 aliphatic carbocycles. The minimum Gasteiger partial charge on any atom is -0.462 e. The van der Waals surface area contributed by atoms with Crippen molar-refractivity contribution in [3.63, 3.8) is 0 Å². The molecule has 0 spiro atoms. The Balaban J connectivity index is 1.72. The van der Waals surface area contributed by atoms with E-state index in [2.05, 4.69) is 11.9 Å². The van der Waals surface area contributed by atoms with Crippen LogP contribution in [0.25, 0.3) is 5.57 Å². The number of unbranched alkanes of at least 4 members (excludes halogenated alkanes) is 1. The van der Waals surface area contributed by atoms with E-state index in [1.807, 2.05) is 56.3 Å². The second-order valence-corrected chi connectivity index (χ2v) is 11.2. The molecule has 43 heavy (non-hydrogen) atoms. The van der Waals surface area contributed by atoms with Crippen LogP contribution in [0.2, 0.25) is 0 Å². The normalized spacial score (nSPS) is 11.7. The lowest BCUT2D eigenvalue weighted by molar-refractivity contribution is -0.147. The van der Waals surface area contributed by atoms with E-state index >= 15 is 0 Å². The van der Waals surface area contributed by atoms with Crippen molar-refractivity contribution in [2.75, 3.05) is 6.61 Å². The van der Waals surface area contributed by atoms with Gasteiger partial charge in [-0.1, -0.05) is 62.4 Å². The topological polar surface area (TPSA) is 100 Å². The maximum absolute atomic E-state index is 13.0. The van der Waals surface area contributed by atoms with E-state index in [1.54, 1.807) is 51.1 Å². The third kappa shape index (κ3) is 11.0. The summed E-state index contributed by atoms with van der Waals surface area (Å²) < 4.78 is 22.3. The van der Waals surface area contributed by atoms with Gasteiger partial charge in [0.1, 0.15) is 29.7 Å². The smallest absolute Gasteiger partial charge is 0.408 e. The first-order valence-electron chi connectivity index (χ1n) is 14.4. The molecule has 1 N–H and O–H groups in total. The summed E-state index contributed by atoms with van der Waals surface area (Å²) in [5.74, 6) is 0.130. The molecular weight excluding hydrogens is 546 g/mol. The summed E-state index contributed by atoms with van der Waals surface area (Å²) >= 11 is 0. The molecule has 0 heterocycles. The zero-order chi connectivity index (χ0) is 31.4. The van der Waals surface area contributed by atoms with Gasteiger partial charge in [0, 0.05) is 12.0 Å². The second kappa shape index (κ2) is 15.6. The molecular formula is C35H41NO7. The summed E-state index contributed by atoms with van der Waals surface area (Å²) in [6.07, 6.45) is 1.22. The number of hydrogen-bond acceptors (Lipinski definition) is 7. The van der Waals surface area contributed by atoms with Crippen LogP contribution in [0.5, 0.6) is 11.5 Å². The first kappa shape index (κ1) is 32.9. The molecule has 0 aliphatic heterocycles. The summed E-state index contributed by atoms with van der Waals surface area (Å²) in [6, 6.07) is 20.6. The van der Waals surface area contributed by atoms with Gasteiger partial charge in [0.05, 0.1) is 12.2 Å². The van der Waals surface area contributed by atoms with Crippen LogP contribution in [0.3, 0.4) is 0 Å². The van der Waals surface area contributed by atoms with Crippen molar-refractivity contribution < 1.29 is 33.3 Å². The summed E-state index contributed by atoms with van der Waals surface area (Å²) in [5, 5.41) is 2.65. The molecule has 1 amide bonds. The van der Waals surface area contributed by atoms with Crippen molar-refractivity contribution in [1.29, 1.82) is 0 Å². The minimum absolute atomic E-state index is 0.0826. The summed E-state index contributed by atoms with van der Waals surface area (Å²) in [5.41, 5.74) is 2.74. The number of allylic oxidation sites excluding steroid dienone is 1. The van der Waals surface area contributed by atoms with E-state index in [-0.39, 0.29) is 19.0 Å². The van der Waals surface area contributed by atoms with Gasteiger partial charge in [-0.25, -0.2) is 14.4 Å². The molecule has 3 aromatic rings. The van der Waals surface area contributed by atoms with Crippen LogP contribution < -0.4 is 10.1 Å². The van der Waals surface area contributed by atoms with Gasteiger partial charge in [-0.2, -0.15) is 0 Å². The SMILES string of the molecule is C=C(C)c1cc(C(=O)OCCCC)ccc1Oc1ccc(C[C@H](NC(=O)OC(C)(C)C)C(=O)OCc2ccccc2)cc1. The number of rotatable bonds is 13. The van der Waals surface area contributed by atoms with E-state index in [0.29, 0.717) is 29.2 Å². The number of alkyl carbamates (subject to hydrolysis) is 1. The Morgan fingerprint density at radius 3 is 2.23 bits per heavy atom. The zero-order valence-corrected chi connectivity index (χ0v) is 25.6. The van der Waals surface area contributed by atoms with Gasteiger partial charge in [0.25, 0.3) is 0 Å². The minimum atomic E-state index is -0.968. The lowest BCUT2D eigenvalue weighted by Gasteiger charge is -2.23. The van der Waals surface area contributed by atoms with Crippen LogP contribution in [0.15, 0.2) is 79.4 Å². The van der Waals surface area contributed by atoms with Crippen molar-refractivity contribution in [3.05, 3.63) is 102 Å². The Morgan fingerprint density at radius 1 is 0.907 bits per heavy atom. The third-order valence-electron chi connectivity index (χ3n) is 6.20. The molecule has 0 saturated heterocycles. The number of carbonyl (C=O) groups excluding carboxylic acids is 3. The first-order chi connectivity index (χ1) is 20.4. The number of esters is 2. The molecule has 228 valence electrons. The maximum atomic E-state index is 13.0. The summed E-state index contributed by atoms with van der Waals surface area (Å²) in [7, 11) is 0. The Labute approximate surface area is 254 Å². The molecule has 0 aliphatic rings. The largest absolute Gasteiger partial charge is 0.462 e. The fourth-order valence-electron chi connectivity index (χ4n) is 4.00. The van der Waals surface area contributed by atoms with Crippen LogP contribution in [-0.4, -0.2) is 36.3 Å². The molecule has 0 bridgehead atoms. The highest BCUT2D eigenvalue weighted by atomic mass is 16.6. The zero-order valence-electron chi connectivity index (χ0n) is 25.6. The second-order valence-electron chi connectivity index (χ2n) is 11.2. The van der Waals surface area contributed by atoms with Gasteiger partial charge in [-0.05, 0) is 81.1 Å². The van der Waals surface area contributed by atoms with Crippen LogP contribution in [-0.2, 0) is 32.0 Å². The molecule has 0 fully saturated rings. The average molecular weight is 588 g/mol. The van der Waals surface area contributed by atoms with Crippen molar-refractivity contribution >= 4 is 23.6 Å². The molecule has 3 aromatic carbocycles. The highest BCUT2D eigenvalue weighted by molar-refractivity contribution is 5.91. The van der Waals surface area contributed by atoms with Crippen LogP contribution in [0, 0.1) is 0 Å². The third-order valence-corrected chi connectivity index (χ3v) is 6.20. The van der Waals surface area contributed by atoms with E-state index < -0.39 is 23.7 Å². The predicted octanol–water partition coefficient (Wildman–Crippen LogP) is 7.65.